The maximum Gasteiger partial charge on any atom is 0.234 e. The van der Waals surface area contributed by atoms with Gasteiger partial charge in [0, 0.05) is 19.7 Å². The van der Waals surface area contributed by atoms with E-state index in [0.29, 0.717) is 25.7 Å². The normalized spacial score (nSPS) is 22.1. The molecular weight excluding hydrogens is 252 g/mol. The molecule has 2 N–H and O–H groups in total. The van der Waals surface area contributed by atoms with E-state index in [4.69, 9.17) is 4.74 Å². The molecule has 0 aromatic heterocycles. The summed E-state index contributed by atoms with van der Waals surface area (Å²) in [6.45, 7) is 3.87. The van der Waals surface area contributed by atoms with Crippen LogP contribution in [0.2, 0.25) is 0 Å². The average Bonchev–Trinajstić information content (AvgIpc) is 2.89. The quantitative estimate of drug-likeness (QED) is 0.573. The van der Waals surface area contributed by atoms with Crippen molar-refractivity contribution in [3.63, 3.8) is 0 Å². The van der Waals surface area contributed by atoms with Gasteiger partial charge >= 0.3 is 0 Å². The SMILES string of the molecule is CCCCCC[C@H]1CCC[C@@H]1NCC(=O)NCCOC. The number of carbonyl (C=O) groups is 1. The summed E-state index contributed by atoms with van der Waals surface area (Å²) in [6.07, 6.45) is 10.5. The van der Waals surface area contributed by atoms with Crippen LogP contribution in [0.4, 0.5) is 0 Å². The summed E-state index contributed by atoms with van der Waals surface area (Å²) < 4.78 is 4.92. The molecule has 0 spiro atoms. The molecule has 1 rings (SSSR count). The van der Waals surface area contributed by atoms with Crippen molar-refractivity contribution < 1.29 is 9.53 Å². The van der Waals surface area contributed by atoms with Crippen molar-refractivity contribution in [2.75, 3.05) is 26.8 Å². The number of carbonyl (C=O) groups excluding carboxylic acids is 1. The molecule has 118 valence electrons. The molecule has 1 amide bonds. The van der Waals surface area contributed by atoms with E-state index in [-0.39, 0.29) is 5.91 Å². The van der Waals surface area contributed by atoms with Crippen LogP contribution in [-0.2, 0) is 9.53 Å². The first-order valence-corrected chi connectivity index (χ1v) is 8.27. The van der Waals surface area contributed by atoms with Crippen LogP contribution in [-0.4, -0.2) is 38.8 Å². The molecule has 0 aromatic carbocycles. The Hall–Kier alpha value is -0.610. The Morgan fingerprint density at radius 3 is 2.85 bits per heavy atom. The summed E-state index contributed by atoms with van der Waals surface area (Å²) in [5, 5.41) is 6.30. The number of hydrogen-bond donors (Lipinski definition) is 2. The standard InChI is InChI=1S/C16H32N2O2/c1-3-4-5-6-8-14-9-7-10-15(14)18-13-16(19)17-11-12-20-2/h14-15,18H,3-13H2,1-2H3,(H,17,19)/t14-,15-/m0/s1. The lowest BCUT2D eigenvalue weighted by molar-refractivity contribution is -0.120. The fourth-order valence-corrected chi connectivity index (χ4v) is 3.06. The second-order valence-electron chi connectivity index (χ2n) is 5.87. The Labute approximate surface area is 124 Å². The van der Waals surface area contributed by atoms with Crippen LogP contribution in [0.1, 0.15) is 58.3 Å². The van der Waals surface area contributed by atoms with Gasteiger partial charge in [0.2, 0.25) is 5.91 Å². The van der Waals surface area contributed by atoms with Crippen molar-refractivity contribution >= 4 is 5.91 Å². The number of amides is 1. The van der Waals surface area contributed by atoms with Crippen molar-refractivity contribution in [3.05, 3.63) is 0 Å². The number of ether oxygens (including phenoxy) is 1. The van der Waals surface area contributed by atoms with E-state index < -0.39 is 0 Å². The molecule has 0 saturated heterocycles. The molecule has 0 unspecified atom stereocenters. The van der Waals surface area contributed by atoms with E-state index in [2.05, 4.69) is 17.6 Å². The summed E-state index contributed by atoms with van der Waals surface area (Å²) in [5.74, 6) is 0.859. The smallest absolute Gasteiger partial charge is 0.234 e. The van der Waals surface area contributed by atoms with E-state index in [0.717, 1.165) is 5.92 Å². The molecule has 0 aliphatic heterocycles. The van der Waals surface area contributed by atoms with Crippen molar-refractivity contribution in [2.45, 2.75) is 64.3 Å². The van der Waals surface area contributed by atoms with Crippen LogP contribution >= 0.6 is 0 Å². The number of unbranched alkanes of at least 4 members (excludes halogenated alkanes) is 3. The second-order valence-corrected chi connectivity index (χ2v) is 5.87. The number of nitrogens with one attached hydrogen (secondary N) is 2. The molecule has 0 bridgehead atoms. The van der Waals surface area contributed by atoms with E-state index in [1.54, 1.807) is 7.11 Å². The van der Waals surface area contributed by atoms with Gasteiger partial charge in [0.15, 0.2) is 0 Å². The van der Waals surface area contributed by atoms with E-state index in [9.17, 15) is 4.79 Å². The van der Waals surface area contributed by atoms with Gasteiger partial charge in [0.05, 0.1) is 13.2 Å². The predicted octanol–water partition coefficient (Wildman–Crippen LogP) is 2.48. The third-order valence-corrected chi connectivity index (χ3v) is 4.24. The average molecular weight is 284 g/mol. The lowest BCUT2D eigenvalue weighted by Crippen LogP contribution is -2.41. The van der Waals surface area contributed by atoms with Crippen LogP contribution in [0.15, 0.2) is 0 Å². The minimum atomic E-state index is 0.0821. The second kappa shape index (κ2) is 11.1. The zero-order valence-corrected chi connectivity index (χ0v) is 13.2. The minimum Gasteiger partial charge on any atom is -0.383 e. The van der Waals surface area contributed by atoms with Gasteiger partial charge in [-0.05, 0) is 25.2 Å². The Morgan fingerprint density at radius 2 is 2.10 bits per heavy atom. The molecule has 1 saturated carbocycles. The molecule has 1 aliphatic rings. The number of rotatable bonds is 11. The van der Waals surface area contributed by atoms with Crippen LogP contribution in [0.5, 0.6) is 0 Å². The van der Waals surface area contributed by atoms with Gasteiger partial charge in [-0.2, -0.15) is 0 Å². The predicted molar refractivity (Wildman–Crippen MR) is 82.8 cm³/mol. The van der Waals surface area contributed by atoms with Gasteiger partial charge in [0.1, 0.15) is 0 Å². The van der Waals surface area contributed by atoms with Gasteiger partial charge in [-0.3, -0.25) is 4.79 Å². The van der Waals surface area contributed by atoms with Crippen LogP contribution < -0.4 is 10.6 Å². The monoisotopic (exact) mass is 284 g/mol. The maximum absolute atomic E-state index is 11.7. The van der Waals surface area contributed by atoms with Crippen molar-refractivity contribution in [1.29, 1.82) is 0 Å². The molecule has 0 aromatic rings. The highest BCUT2D eigenvalue weighted by Gasteiger charge is 2.26. The first kappa shape index (κ1) is 17.4. The Bertz CT molecular complexity index is 259. The third kappa shape index (κ3) is 7.25. The molecule has 0 heterocycles. The molecule has 4 nitrogen and oxygen atoms in total. The minimum absolute atomic E-state index is 0.0821. The highest BCUT2D eigenvalue weighted by Crippen LogP contribution is 2.30. The molecule has 1 fully saturated rings. The summed E-state index contributed by atoms with van der Waals surface area (Å²) in [5.41, 5.74) is 0. The number of methoxy groups -OCH3 is 1. The molecule has 1 aliphatic carbocycles. The maximum atomic E-state index is 11.7. The van der Waals surface area contributed by atoms with Gasteiger partial charge in [0.25, 0.3) is 0 Å². The van der Waals surface area contributed by atoms with Gasteiger partial charge < -0.3 is 15.4 Å². The zero-order valence-electron chi connectivity index (χ0n) is 13.2. The molecular formula is C16H32N2O2. The highest BCUT2D eigenvalue weighted by molar-refractivity contribution is 5.77. The van der Waals surface area contributed by atoms with Crippen LogP contribution in [0.25, 0.3) is 0 Å². The van der Waals surface area contributed by atoms with Gasteiger partial charge in [-0.15, -0.1) is 0 Å². The molecule has 4 heteroatoms. The molecule has 20 heavy (non-hydrogen) atoms. The van der Waals surface area contributed by atoms with Crippen molar-refractivity contribution in [1.82, 2.24) is 10.6 Å². The van der Waals surface area contributed by atoms with Crippen molar-refractivity contribution in [3.8, 4) is 0 Å². The largest absolute Gasteiger partial charge is 0.383 e. The summed E-state index contributed by atoms with van der Waals surface area (Å²) >= 11 is 0. The summed E-state index contributed by atoms with van der Waals surface area (Å²) in [4.78, 5) is 11.7. The number of hydrogen-bond acceptors (Lipinski definition) is 3. The van der Waals surface area contributed by atoms with Crippen LogP contribution in [0, 0.1) is 5.92 Å². The fourth-order valence-electron chi connectivity index (χ4n) is 3.06. The summed E-state index contributed by atoms with van der Waals surface area (Å²) in [6, 6.07) is 0.546. The Morgan fingerprint density at radius 1 is 1.25 bits per heavy atom. The lowest BCUT2D eigenvalue weighted by atomic mass is 9.96. The summed E-state index contributed by atoms with van der Waals surface area (Å²) in [7, 11) is 1.64. The van der Waals surface area contributed by atoms with E-state index in [1.807, 2.05) is 0 Å². The highest BCUT2D eigenvalue weighted by atomic mass is 16.5. The molecule has 2 atom stereocenters. The van der Waals surface area contributed by atoms with Gasteiger partial charge in [-0.1, -0.05) is 39.0 Å². The zero-order chi connectivity index (χ0) is 14.6. The lowest BCUT2D eigenvalue weighted by Gasteiger charge is -2.20. The first-order chi connectivity index (χ1) is 9.77. The van der Waals surface area contributed by atoms with Gasteiger partial charge in [-0.25, -0.2) is 0 Å². The van der Waals surface area contributed by atoms with E-state index in [1.165, 1.54) is 51.4 Å². The Kier molecular flexibility index (Phi) is 9.67. The fraction of sp³-hybridized carbons (Fsp3) is 0.938. The van der Waals surface area contributed by atoms with Crippen LogP contribution in [0.3, 0.4) is 0 Å². The third-order valence-electron chi connectivity index (χ3n) is 4.24. The van der Waals surface area contributed by atoms with E-state index >= 15 is 0 Å². The Balaban J connectivity index is 2.12. The first-order valence-electron chi connectivity index (χ1n) is 8.27. The van der Waals surface area contributed by atoms with Crippen molar-refractivity contribution in [2.24, 2.45) is 5.92 Å². The topological polar surface area (TPSA) is 50.4 Å². The molecule has 0 radical (unpaired) electrons.